The van der Waals surface area contributed by atoms with Crippen molar-refractivity contribution < 1.29 is 22.7 Å². The Balaban J connectivity index is 2.17. The number of rotatable bonds is 3. The van der Waals surface area contributed by atoms with Crippen molar-refractivity contribution in [3.63, 3.8) is 0 Å². The Morgan fingerprint density at radius 3 is 3.00 bits per heavy atom. The van der Waals surface area contributed by atoms with Gasteiger partial charge in [-0.15, -0.1) is 0 Å². The van der Waals surface area contributed by atoms with Gasteiger partial charge in [0.1, 0.15) is 5.82 Å². The van der Waals surface area contributed by atoms with Crippen molar-refractivity contribution in [2.24, 2.45) is 5.92 Å². The summed E-state index contributed by atoms with van der Waals surface area (Å²) in [5.41, 5.74) is 2.71. The van der Waals surface area contributed by atoms with Gasteiger partial charge in [-0.1, -0.05) is 0 Å². The number of aromatic nitrogens is 2. The highest BCUT2D eigenvalue weighted by atomic mass is 32.2. The molecule has 2 N–H and O–H groups in total. The highest BCUT2D eigenvalue weighted by Gasteiger charge is 2.45. The third kappa shape index (κ3) is 3.31. The number of hydrazine groups is 1. The van der Waals surface area contributed by atoms with Gasteiger partial charge in [0.2, 0.25) is 0 Å². The second kappa shape index (κ2) is 5.83. The van der Waals surface area contributed by atoms with E-state index in [1.54, 1.807) is 13.0 Å². The minimum Gasteiger partial charge on any atom is -0.457 e. The molecule has 10 heteroatoms. The van der Waals surface area contributed by atoms with E-state index in [1.807, 2.05) is 0 Å². The van der Waals surface area contributed by atoms with Crippen molar-refractivity contribution in [1.29, 1.82) is 0 Å². The molecule has 0 fully saturated rings. The van der Waals surface area contributed by atoms with Crippen LogP contribution in [0.4, 0.5) is 23.8 Å². The third-order valence-electron chi connectivity index (χ3n) is 2.49. The van der Waals surface area contributed by atoms with E-state index in [0.29, 0.717) is 5.82 Å². The summed E-state index contributed by atoms with van der Waals surface area (Å²) in [7, 11) is -1.40. The second-order valence-electron chi connectivity index (χ2n) is 3.92. The van der Waals surface area contributed by atoms with E-state index < -0.39 is 28.1 Å². The van der Waals surface area contributed by atoms with Crippen LogP contribution in [0.3, 0.4) is 0 Å². The average Bonchev–Trinajstić information content (AvgIpc) is 2.98. The van der Waals surface area contributed by atoms with E-state index in [4.69, 9.17) is 4.74 Å². The molecular weight excluding hydrogens is 297 g/mol. The predicted molar refractivity (Wildman–Crippen MR) is 69.1 cm³/mol. The van der Waals surface area contributed by atoms with Gasteiger partial charge in [-0.2, -0.15) is 22.7 Å². The first-order valence-corrected chi connectivity index (χ1v) is 7.01. The molecule has 0 spiro atoms. The molecular formula is C10H13F3N4O2S. The molecule has 2 atom stereocenters. The summed E-state index contributed by atoms with van der Waals surface area (Å²) >= 11 is 0. The van der Waals surface area contributed by atoms with Crippen molar-refractivity contribution in [3.05, 3.63) is 12.3 Å². The van der Waals surface area contributed by atoms with Crippen LogP contribution in [0.1, 0.15) is 6.92 Å². The molecule has 0 bridgehead atoms. The van der Waals surface area contributed by atoms with Crippen LogP contribution in [-0.4, -0.2) is 44.6 Å². The molecule has 0 saturated heterocycles. The van der Waals surface area contributed by atoms with Crippen LogP contribution in [-0.2, 0) is 4.74 Å². The Hall–Kier alpha value is -1.55. The molecule has 1 aliphatic heterocycles. The third-order valence-corrected chi connectivity index (χ3v) is 4.25. The van der Waals surface area contributed by atoms with Crippen LogP contribution >= 0.6 is 10.7 Å². The van der Waals surface area contributed by atoms with Crippen LogP contribution in [0, 0.1) is 5.92 Å². The first kappa shape index (κ1) is 14.9. The fraction of sp³-hybridized carbons (Fsp3) is 0.500. The number of hydrogen-bond acceptors (Lipinski definition) is 5. The minimum atomic E-state index is -4.39. The van der Waals surface area contributed by atoms with Crippen molar-refractivity contribution in [3.8, 4) is 0 Å². The molecule has 1 aliphatic rings. The van der Waals surface area contributed by atoms with E-state index in [0.717, 1.165) is 5.37 Å². The maximum Gasteiger partial charge on any atom is 0.397 e. The van der Waals surface area contributed by atoms with E-state index >= 15 is 0 Å². The number of halogens is 3. The second-order valence-corrected chi connectivity index (χ2v) is 5.60. The zero-order chi connectivity index (χ0) is 14.8. The summed E-state index contributed by atoms with van der Waals surface area (Å²) < 4.78 is 44.4. The Labute approximate surface area is 115 Å². The molecule has 1 aromatic heterocycles. The SMILES string of the molecule is CCOC(=O)S1=CC(C(F)(F)F)CN1Nc1ccn[nH]1. The standard InChI is InChI=1S/C10H13F3N4O2S/c1-2-19-9(18)20-6-7(10(11,12)13)5-17(20)16-8-3-4-14-15-8/h3-4,6-7H,2,5H2,1H3,(H2,14,15,16). The van der Waals surface area contributed by atoms with Crippen LogP contribution in [0.5, 0.6) is 0 Å². The first-order chi connectivity index (χ1) is 9.41. The number of nitrogens with one attached hydrogen (secondary N) is 2. The lowest BCUT2D eigenvalue weighted by Crippen LogP contribution is -2.32. The maximum atomic E-state index is 12.8. The number of carbonyl (C=O) groups excluding carboxylic acids is 1. The summed E-state index contributed by atoms with van der Waals surface area (Å²) in [6.45, 7) is 1.36. The number of hydrogen-bond donors (Lipinski definition) is 2. The van der Waals surface area contributed by atoms with Gasteiger partial charge in [-0.3, -0.25) is 10.5 Å². The van der Waals surface area contributed by atoms with Gasteiger partial charge in [0.05, 0.1) is 18.7 Å². The van der Waals surface area contributed by atoms with Gasteiger partial charge in [0, 0.05) is 23.3 Å². The van der Waals surface area contributed by atoms with Crippen LogP contribution < -0.4 is 5.43 Å². The molecule has 2 rings (SSSR count). The Kier molecular flexibility index (Phi) is 4.33. The summed E-state index contributed by atoms with van der Waals surface area (Å²) in [6, 6.07) is 1.55. The molecule has 20 heavy (non-hydrogen) atoms. The van der Waals surface area contributed by atoms with Crippen LogP contribution in [0.2, 0.25) is 0 Å². The van der Waals surface area contributed by atoms with Gasteiger partial charge in [0.15, 0.2) is 0 Å². The normalized spacial score (nSPS) is 23.4. The lowest BCUT2D eigenvalue weighted by molar-refractivity contribution is -0.153. The first-order valence-electron chi connectivity index (χ1n) is 5.77. The zero-order valence-corrected chi connectivity index (χ0v) is 11.3. The van der Waals surface area contributed by atoms with Crippen molar-refractivity contribution in [2.75, 3.05) is 18.6 Å². The fourth-order valence-electron chi connectivity index (χ4n) is 1.58. The summed E-state index contributed by atoms with van der Waals surface area (Å²) in [5, 5.41) is 6.53. The van der Waals surface area contributed by atoms with Gasteiger partial charge in [0.25, 0.3) is 0 Å². The van der Waals surface area contributed by atoms with Gasteiger partial charge < -0.3 is 4.74 Å². The highest BCUT2D eigenvalue weighted by molar-refractivity contribution is 8.25. The Morgan fingerprint density at radius 1 is 1.70 bits per heavy atom. The lowest BCUT2D eigenvalue weighted by Gasteiger charge is -2.21. The van der Waals surface area contributed by atoms with E-state index in [1.165, 1.54) is 10.6 Å². The molecule has 0 amide bonds. The largest absolute Gasteiger partial charge is 0.457 e. The number of nitrogens with zero attached hydrogens (tertiary/aromatic N) is 2. The average molecular weight is 310 g/mol. The fourth-order valence-corrected chi connectivity index (χ4v) is 3.33. The quantitative estimate of drug-likeness (QED) is 0.662. The number of anilines is 1. The van der Waals surface area contributed by atoms with Gasteiger partial charge in [-0.05, 0) is 12.3 Å². The molecule has 0 aromatic carbocycles. The zero-order valence-electron chi connectivity index (χ0n) is 10.5. The van der Waals surface area contributed by atoms with Crippen molar-refractivity contribution >= 4 is 27.2 Å². The topological polar surface area (TPSA) is 70.2 Å². The van der Waals surface area contributed by atoms with Gasteiger partial charge in [-0.25, -0.2) is 4.79 Å². The number of aromatic amines is 1. The smallest absolute Gasteiger partial charge is 0.397 e. The lowest BCUT2D eigenvalue weighted by atomic mass is 10.2. The predicted octanol–water partition coefficient (Wildman–Crippen LogP) is 2.37. The van der Waals surface area contributed by atoms with Crippen LogP contribution in [0.25, 0.3) is 0 Å². The van der Waals surface area contributed by atoms with E-state index in [2.05, 4.69) is 15.6 Å². The van der Waals surface area contributed by atoms with Gasteiger partial charge >= 0.3 is 11.5 Å². The number of ether oxygens (including phenoxy) is 1. The monoisotopic (exact) mass is 310 g/mol. The maximum absolute atomic E-state index is 12.8. The van der Waals surface area contributed by atoms with Crippen molar-refractivity contribution in [1.82, 2.24) is 14.6 Å². The number of alkyl halides is 3. The summed E-state index contributed by atoms with van der Waals surface area (Å²) in [5.74, 6) is -1.27. The van der Waals surface area contributed by atoms with Crippen LogP contribution in [0.15, 0.2) is 12.3 Å². The molecule has 0 aliphatic carbocycles. The van der Waals surface area contributed by atoms with E-state index in [-0.39, 0.29) is 13.2 Å². The number of H-pyrrole nitrogens is 1. The molecule has 0 radical (unpaired) electrons. The molecule has 2 heterocycles. The molecule has 0 saturated carbocycles. The molecule has 6 nitrogen and oxygen atoms in total. The molecule has 112 valence electrons. The highest BCUT2D eigenvalue weighted by Crippen LogP contribution is 2.37. The number of carbonyl (C=O) groups is 1. The Morgan fingerprint density at radius 2 is 2.45 bits per heavy atom. The molecule has 2 unspecified atom stereocenters. The summed E-state index contributed by atoms with van der Waals surface area (Å²) in [6.07, 6.45) is -2.94. The minimum absolute atomic E-state index is 0.116. The molecule has 1 aromatic rings. The van der Waals surface area contributed by atoms with E-state index in [9.17, 15) is 18.0 Å². The summed E-state index contributed by atoms with van der Waals surface area (Å²) in [4.78, 5) is 11.7. The Bertz CT molecular complexity index is 503. The van der Waals surface area contributed by atoms with Crippen molar-refractivity contribution in [2.45, 2.75) is 13.1 Å².